The van der Waals surface area contributed by atoms with Gasteiger partial charge in [-0.05, 0) is 66.4 Å². The molecule has 4 aromatic carbocycles. The van der Waals surface area contributed by atoms with Crippen LogP contribution < -0.4 is 4.74 Å². The third-order valence-electron chi connectivity index (χ3n) is 6.81. The second kappa shape index (κ2) is 16.9. The van der Waals surface area contributed by atoms with E-state index < -0.39 is 35.1 Å². The lowest BCUT2D eigenvalue weighted by molar-refractivity contribution is -0.140. The molecule has 0 bridgehead atoms. The van der Waals surface area contributed by atoms with Gasteiger partial charge < -0.3 is 14.2 Å². The van der Waals surface area contributed by atoms with E-state index in [1.807, 2.05) is 36.4 Å². The van der Waals surface area contributed by atoms with Gasteiger partial charge in [0.1, 0.15) is 12.2 Å². The summed E-state index contributed by atoms with van der Waals surface area (Å²) in [6, 6.07) is 22.3. The van der Waals surface area contributed by atoms with Gasteiger partial charge in [0.15, 0.2) is 17.4 Å². The number of carbonyl (C=O) groups is 3. The first-order chi connectivity index (χ1) is 23.9. The fourth-order valence-corrected chi connectivity index (χ4v) is 4.08. The predicted molar refractivity (Wildman–Crippen MR) is 187 cm³/mol. The Morgan fingerprint density at radius 1 is 0.740 bits per heavy atom. The highest BCUT2D eigenvalue weighted by Crippen LogP contribution is 2.27. The average Bonchev–Trinajstić information content (AvgIpc) is 3.12. The SMILES string of the molecule is C=CC(=O)Oc1cc(C#Cc2ccc(COC(=O)C(=C)C)cc2)c(F)c(F)c1C#Cc1ccc(-c2ccc(/C=C/OC(=O)C(=C)C)cc2)cc1. The minimum Gasteiger partial charge on any atom is -0.457 e. The molecule has 0 amide bonds. The van der Waals surface area contributed by atoms with Crippen molar-refractivity contribution >= 4 is 24.0 Å². The summed E-state index contributed by atoms with van der Waals surface area (Å²) < 4.78 is 45.9. The molecule has 0 fully saturated rings. The number of ether oxygens (including phenoxy) is 3. The highest BCUT2D eigenvalue weighted by atomic mass is 19.2. The van der Waals surface area contributed by atoms with E-state index in [0.29, 0.717) is 22.3 Å². The maximum absolute atomic E-state index is 15.4. The van der Waals surface area contributed by atoms with Crippen molar-refractivity contribution in [2.75, 3.05) is 0 Å². The summed E-state index contributed by atoms with van der Waals surface area (Å²) in [5.74, 6) is 5.89. The van der Waals surface area contributed by atoms with Crippen molar-refractivity contribution in [1.29, 1.82) is 0 Å². The Hall–Kier alpha value is -6.77. The Balaban J connectivity index is 1.53. The Labute approximate surface area is 289 Å². The highest BCUT2D eigenvalue weighted by Gasteiger charge is 2.19. The van der Waals surface area contributed by atoms with Crippen molar-refractivity contribution in [2.24, 2.45) is 0 Å². The van der Waals surface area contributed by atoms with Crippen LogP contribution in [-0.2, 0) is 30.5 Å². The van der Waals surface area contributed by atoms with Crippen molar-refractivity contribution in [3.8, 4) is 40.6 Å². The van der Waals surface area contributed by atoms with Crippen LogP contribution in [0.25, 0.3) is 17.2 Å². The van der Waals surface area contributed by atoms with E-state index in [-0.39, 0.29) is 23.5 Å². The summed E-state index contributed by atoms with van der Waals surface area (Å²) in [7, 11) is 0. The summed E-state index contributed by atoms with van der Waals surface area (Å²) in [5, 5.41) is 0. The summed E-state index contributed by atoms with van der Waals surface area (Å²) in [5.41, 5.74) is 4.04. The van der Waals surface area contributed by atoms with Gasteiger partial charge in [-0.25, -0.2) is 23.2 Å². The van der Waals surface area contributed by atoms with Crippen molar-refractivity contribution in [3.05, 3.63) is 167 Å². The number of carbonyl (C=O) groups excluding carboxylic acids is 3. The van der Waals surface area contributed by atoms with Gasteiger partial charge in [0, 0.05) is 34.4 Å². The van der Waals surface area contributed by atoms with Crippen LogP contribution in [0.5, 0.6) is 5.75 Å². The molecule has 0 unspecified atom stereocenters. The van der Waals surface area contributed by atoms with Crippen LogP contribution >= 0.6 is 0 Å². The van der Waals surface area contributed by atoms with Crippen molar-refractivity contribution in [1.82, 2.24) is 0 Å². The number of benzene rings is 4. The molecule has 0 N–H and O–H groups in total. The summed E-state index contributed by atoms with van der Waals surface area (Å²) in [6.07, 6.45) is 3.84. The molecule has 0 spiro atoms. The van der Waals surface area contributed by atoms with E-state index in [0.717, 1.165) is 28.8 Å². The van der Waals surface area contributed by atoms with E-state index in [4.69, 9.17) is 14.2 Å². The van der Waals surface area contributed by atoms with Crippen molar-refractivity contribution < 1.29 is 37.4 Å². The molecule has 0 aliphatic carbocycles. The molecule has 0 atom stereocenters. The topological polar surface area (TPSA) is 78.9 Å². The Bertz CT molecular complexity index is 2140. The maximum atomic E-state index is 15.4. The standard InChI is InChI=1S/C42H30F2O6/c1-6-38(45)50-37-25-35(21-15-29-7-9-32(10-8-29)26-49-42(47)28(4)5)39(43)40(44)36(37)22-16-30-11-17-33(18-12-30)34-19-13-31(14-20-34)23-24-48-41(46)27(2)3/h6-14,17-20,23-25H,1-2,4,26H2,3,5H3/b24-23+. The van der Waals surface area contributed by atoms with E-state index >= 15 is 8.78 Å². The summed E-state index contributed by atoms with van der Waals surface area (Å²) in [6.45, 7) is 13.6. The first kappa shape index (κ1) is 36.1. The molecule has 0 heterocycles. The van der Waals surface area contributed by atoms with Crippen molar-refractivity contribution in [2.45, 2.75) is 20.5 Å². The third kappa shape index (κ3) is 9.87. The predicted octanol–water partition coefficient (Wildman–Crippen LogP) is 8.23. The average molecular weight is 669 g/mol. The van der Waals surface area contributed by atoms with E-state index in [9.17, 15) is 14.4 Å². The molecule has 8 heteroatoms. The van der Waals surface area contributed by atoms with Crippen LogP contribution in [0.4, 0.5) is 8.78 Å². The zero-order chi connectivity index (χ0) is 36.2. The van der Waals surface area contributed by atoms with Crippen molar-refractivity contribution in [3.63, 3.8) is 0 Å². The van der Waals surface area contributed by atoms with Crippen LogP contribution in [-0.4, -0.2) is 17.9 Å². The molecule has 0 saturated carbocycles. The molecule has 248 valence electrons. The van der Waals surface area contributed by atoms with Crippen LogP contribution in [0.2, 0.25) is 0 Å². The number of esters is 3. The van der Waals surface area contributed by atoms with Gasteiger partial charge in [0.05, 0.1) is 11.8 Å². The first-order valence-corrected chi connectivity index (χ1v) is 15.0. The first-order valence-electron chi connectivity index (χ1n) is 15.0. The number of halogens is 2. The molecule has 0 aromatic heterocycles. The quantitative estimate of drug-likeness (QED) is 0.0588. The molecule has 4 aromatic rings. The fraction of sp³-hybridized carbons (Fsp3) is 0.0714. The van der Waals surface area contributed by atoms with E-state index in [1.54, 1.807) is 56.3 Å². The Morgan fingerprint density at radius 3 is 1.88 bits per heavy atom. The smallest absolute Gasteiger partial charge is 0.337 e. The van der Waals surface area contributed by atoms with Gasteiger partial charge in [-0.1, -0.05) is 91.9 Å². The van der Waals surface area contributed by atoms with E-state index in [2.05, 4.69) is 43.4 Å². The number of rotatable bonds is 9. The lowest BCUT2D eigenvalue weighted by atomic mass is 10.0. The third-order valence-corrected chi connectivity index (χ3v) is 6.81. The van der Waals surface area contributed by atoms with Gasteiger partial charge in [0.25, 0.3) is 0 Å². The van der Waals surface area contributed by atoms with Gasteiger partial charge in [0.2, 0.25) is 0 Å². The lowest BCUT2D eigenvalue weighted by Gasteiger charge is -2.08. The summed E-state index contributed by atoms with van der Waals surface area (Å²) >= 11 is 0. The van der Waals surface area contributed by atoms with Gasteiger partial charge in [-0.2, -0.15) is 0 Å². The molecule has 0 saturated heterocycles. The van der Waals surface area contributed by atoms with Gasteiger partial charge in [-0.3, -0.25) is 0 Å². The minimum atomic E-state index is -1.33. The Kier molecular flexibility index (Phi) is 12.2. The lowest BCUT2D eigenvalue weighted by Crippen LogP contribution is -2.07. The highest BCUT2D eigenvalue weighted by molar-refractivity contribution is 5.88. The van der Waals surface area contributed by atoms with Crippen LogP contribution in [0.1, 0.15) is 47.2 Å². The molecule has 0 radical (unpaired) electrons. The number of hydrogen-bond donors (Lipinski definition) is 0. The molecule has 6 nitrogen and oxygen atoms in total. The number of hydrogen-bond acceptors (Lipinski definition) is 6. The molecular formula is C42H30F2O6. The second-order valence-corrected chi connectivity index (χ2v) is 10.8. The maximum Gasteiger partial charge on any atom is 0.337 e. The van der Waals surface area contributed by atoms with Crippen LogP contribution in [0.15, 0.2) is 122 Å². The minimum absolute atomic E-state index is 0.0364. The Morgan fingerprint density at radius 2 is 1.30 bits per heavy atom. The zero-order valence-corrected chi connectivity index (χ0v) is 27.3. The molecule has 4 rings (SSSR count). The van der Waals surface area contributed by atoms with Gasteiger partial charge >= 0.3 is 17.9 Å². The molecule has 50 heavy (non-hydrogen) atoms. The zero-order valence-electron chi connectivity index (χ0n) is 27.3. The normalized spacial score (nSPS) is 10.2. The van der Waals surface area contributed by atoms with Crippen LogP contribution in [0, 0.1) is 35.3 Å². The van der Waals surface area contributed by atoms with Gasteiger partial charge in [-0.15, -0.1) is 0 Å². The molecule has 0 aliphatic heterocycles. The second-order valence-electron chi connectivity index (χ2n) is 10.8. The monoisotopic (exact) mass is 668 g/mol. The van der Waals surface area contributed by atoms with E-state index in [1.165, 1.54) is 6.26 Å². The molecular weight excluding hydrogens is 638 g/mol. The van der Waals surface area contributed by atoms with Crippen LogP contribution in [0.3, 0.4) is 0 Å². The fourth-order valence-electron chi connectivity index (χ4n) is 4.08. The largest absolute Gasteiger partial charge is 0.457 e. The molecule has 0 aliphatic rings. The summed E-state index contributed by atoms with van der Waals surface area (Å²) in [4.78, 5) is 35.2.